The molecule has 1 aromatic carbocycles. The normalized spacial score (nSPS) is 19.4. The Hall–Kier alpha value is -2.17. The predicted octanol–water partition coefficient (Wildman–Crippen LogP) is 4.43. The number of likely N-dealkylation sites (tertiary alicyclic amines) is 1. The van der Waals surface area contributed by atoms with E-state index < -0.39 is 0 Å². The van der Waals surface area contributed by atoms with Crippen LogP contribution in [-0.2, 0) is 5.41 Å². The molecule has 5 heteroatoms. The number of ketones is 1. The summed E-state index contributed by atoms with van der Waals surface area (Å²) in [5, 5.41) is 1.53. The maximum Gasteiger partial charge on any atom is 0.164 e. The number of nitrogens with zero attached hydrogens (tertiary/aromatic N) is 2. The van der Waals surface area contributed by atoms with Gasteiger partial charge in [0.05, 0.1) is 0 Å². The Bertz CT molecular complexity index is 1030. The summed E-state index contributed by atoms with van der Waals surface area (Å²) in [7, 11) is 2.16. The molecule has 1 spiro atoms. The number of Topliss-reactive ketones (excluding diaryl/α,β-unsaturated/α-hetero) is 1. The Kier molecular flexibility index (Phi) is 3.49. The van der Waals surface area contributed by atoms with Gasteiger partial charge in [-0.1, -0.05) is 23.7 Å². The molecular weight excluding hydrogens is 346 g/mol. The van der Waals surface area contributed by atoms with Crippen molar-refractivity contribution in [3.05, 3.63) is 52.8 Å². The third kappa shape index (κ3) is 2.32. The van der Waals surface area contributed by atoms with Gasteiger partial charge in [0.1, 0.15) is 10.8 Å². The zero-order chi connectivity index (χ0) is 17.9. The molecule has 3 aromatic rings. The number of halogens is 1. The molecule has 0 amide bonds. The molecule has 1 saturated heterocycles. The van der Waals surface area contributed by atoms with E-state index in [9.17, 15) is 4.79 Å². The molecule has 1 aliphatic heterocycles. The Labute approximate surface area is 157 Å². The fraction of sp³-hybridized carbons (Fsp3) is 0.333. The van der Waals surface area contributed by atoms with E-state index in [-0.39, 0.29) is 5.41 Å². The first-order valence-corrected chi connectivity index (χ1v) is 9.44. The second-order valence-electron chi connectivity index (χ2n) is 7.68. The number of aromatic nitrogens is 2. The van der Waals surface area contributed by atoms with Gasteiger partial charge in [-0.15, -0.1) is 0 Å². The first-order chi connectivity index (χ1) is 12.6. The Balaban J connectivity index is 1.64. The van der Waals surface area contributed by atoms with Crippen LogP contribution in [0.25, 0.3) is 22.2 Å². The van der Waals surface area contributed by atoms with Crippen LogP contribution in [0.1, 0.15) is 35.2 Å². The highest BCUT2D eigenvalue weighted by Gasteiger charge is 2.44. The van der Waals surface area contributed by atoms with Gasteiger partial charge in [-0.3, -0.25) is 4.79 Å². The summed E-state index contributed by atoms with van der Waals surface area (Å²) in [5.74, 6) is 0.295. The number of hydrogen-bond acceptors (Lipinski definition) is 3. The monoisotopic (exact) mass is 365 g/mol. The van der Waals surface area contributed by atoms with Crippen LogP contribution < -0.4 is 0 Å². The summed E-state index contributed by atoms with van der Waals surface area (Å²) in [6.07, 6.45) is 4.74. The first-order valence-electron chi connectivity index (χ1n) is 9.06. The van der Waals surface area contributed by atoms with Gasteiger partial charge in [0.2, 0.25) is 0 Å². The lowest BCUT2D eigenvalue weighted by molar-refractivity contribution is 0.0945. The van der Waals surface area contributed by atoms with E-state index in [0.29, 0.717) is 17.4 Å². The minimum atomic E-state index is 0.0165. The summed E-state index contributed by atoms with van der Waals surface area (Å²) in [4.78, 5) is 22.5. The van der Waals surface area contributed by atoms with Gasteiger partial charge < -0.3 is 9.88 Å². The van der Waals surface area contributed by atoms with Crippen molar-refractivity contribution in [3.63, 3.8) is 0 Å². The Morgan fingerprint density at radius 1 is 1.15 bits per heavy atom. The fourth-order valence-corrected chi connectivity index (χ4v) is 4.75. The zero-order valence-corrected chi connectivity index (χ0v) is 15.4. The van der Waals surface area contributed by atoms with E-state index in [1.165, 1.54) is 5.56 Å². The SMILES string of the molecule is CN1CCC2(CC1)CC(=O)c1ccc(-c3c[nH]c4nc(Cl)ccc34)cc12. The van der Waals surface area contributed by atoms with Crippen molar-refractivity contribution in [2.75, 3.05) is 20.1 Å². The number of aromatic amines is 1. The number of pyridine rings is 1. The molecule has 1 aliphatic carbocycles. The number of fused-ring (bicyclic) bond motifs is 3. The molecule has 0 saturated carbocycles. The number of benzene rings is 1. The summed E-state index contributed by atoms with van der Waals surface area (Å²) in [5.41, 5.74) is 5.20. The number of rotatable bonds is 1. The lowest BCUT2D eigenvalue weighted by atomic mass is 9.73. The van der Waals surface area contributed by atoms with Gasteiger partial charge in [0, 0.05) is 34.5 Å². The van der Waals surface area contributed by atoms with E-state index >= 15 is 0 Å². The van der Waals surface area contributed by atoms with Gasteiger partial charge >= 0.3 is 0 Å². The molecule has 1 fully saturated rings. The molecule has 3 heterocycles. The third-order valence-corrected chi connectivity index (χ3v) is 6.36. The van der Waals surface area contributed by atoms with Gasteiger partial charge in [-0.05, 0) is 62.3 Å². The summed E-state index contributed by atoms with van der Waals surface area (Å²) in [6.45, 7) is 2.10. The molecule has 0 unspecified atom stereocenters. The molecule has 132 valence electrons. The van der Waals surface area contributed by atoms with E-state index in [1.54, 1.807) is 0 Å². The maximum atomic E-state index is 12.6. The molecule has 5 rings (SSSR count). The van der Waals surface area contributed by atoms with Crippen LogP contribution in [-0.4, -0.2) is 40.8 Å². The van der Waals surface area contributed by atoms with Crippen LogP contribution >= 0.6 is 11.6 Å². The van der Waals surface area contributed by atoms with E-state index in [4.69, 9.17) is 11.6 Å². The molecule has 2 aliphatic rings. The zero-order valence-electron chi connectivity index (χ0n) is 14.7. The number of carbonyl (C=O) groups excluding carboxylic acids is 1. The average Bonchev–Trinajstić information content (AvgIpc) is 3.17. The Morgan fingerprint density at radius 2 is 1.96 bits per heavy atom. The number of hydrogen-bond donors (Lipinski definition) is 1. The maximum absolute atomic E-state index is 12.6. The van der Waals surface area contributed by atoms with E-state index in [1.807, 2.05) is 24.4 Å². The van der Waals surface area contributed by atoms with Crippen LogP contribution in [0.15, 0.2) is 36.5 Å². The quantitative estimate of drug-likeness (QED) is 0.649. The number of piperidine rings is 1. The minimum absolute atomic E-state index is 0.0165. The smallest absolute Gasteiger partial charge is 0.164 e. The highest BCUT2D eigenvalue weighted by molar-refractivity contribution is 6.29. The van der Waals surface area contributed by atoms with Gasteiger partial charge in [0.25, 0.3) is 0 Å². The van der Waals surface area contributed by atoms with Crippen molar-refractivity contribution in [3.8, 4) is 11.1 Å². The summed E-state index contributed by atoms with van der Waals surface area (Å²) < 4.78 is 0. The van der Waals surface area contributed by atoms with Crippen molar-refractivity contribution in [2.45, 2.75) is 24.7 Å². The van der Waals surface area contributed by atoms with Crippen molar-refractivity contribution in [2.24, 2.45) is 0 Å². The molecule has 26 heavy (non-hydrogen) atoms. The van der Waals surface area contributed by atoms with E-state index in [2.05, 4.69) is 34.0 Å². The average molecular weight is 366 g/mol. The molecular formula is C21H20ClN3O. The van der Waals surface area contributed by atoms with Crippen molar-refractivity contribution in [1.29, 1.82) is 0 Å². The predicted molar refractivity (Wildman–Crippen MR) is 104 cm³/mol. The first kappa shape index (κ1) is 16.0. The number of nitrogens with one attached hydrogen (secondary N) is 1. The van der Waals surface area contributed by atoms with Crippen molar-refractivity contribution < 1.29 is 4.79 Å². The molecule has 1 N–H and O–H groups in total. The topological polar surface area (TPSA) is 49.0 Å². The summed E-state index contributed by atoms with van der Waals surface area (Å²) in [6, 6.07) is 10.1. The molecule has 0 atom stereocenters. The standard InChI is InChI=1S/C21H20ClN3O/c1-25-8-6-21(7-9-25)11-18(26)15-3-2-13(10-17(15)21)16-12-23-20-14(16)4-5-19(22)24-20/h2-5,10,12H,6-9,11H2,1H3,(H,23,24). The van der Waals surface area contributed by atoms with Crippen LogP contribution in [0, 0.1) is 0 Å². The highest BCUT2D eigenvalue weighted by atomic mass is 35.5. The van der Waals surface area contributed by atoms with Gasteiger partial charge in [0.15, 0.2) is 5.78 Å². The van der Waals surface area contributed by atoms with E-state index in [0.717, 1.165) is 53.7 Å². The molecule has 4 nitrogen and oxygen atoms in total. The number of H-pyrrole nitrogens is 1. The van der Waals surface area contributed by atoms with Crippen LogP contribution in [0.4, 0.5) is 0 Å². The molecule has 0 radical (unpaired) electrons. The van der Waals surface area contributed by atoms with Crippen LogP contribution in [0.5, 0.6) is 0 Å². The lowest BCUT2D eigenvalue weighted by Crippen LogP contribution is -2.39. The van der Waals surface area contributed by atoms with Crippen LogP contribution in [0.2, 0.25) is 5.15 Å². The second kappa shape index (κ2) is 5.66. The highest BCUT2D eigenvalue weighted by Crippen LogP contribution is 2.47. The molecule has 2 aromatic heterocycles. The summed E-state index contributed by atoms with van der Waals surface area (Å²) >= 11 is 6.00. The third-order valence-electron chi connectivity index (χ3n) is 6.15. The molecule has 0 bridgehead atoms. The van der Waals surface area contributed by atoms with Gasteiger partial charge in [-0.25, -0.2) is 4.98 Å². The van der Waals surface area contributed by atoms with Crippen molar-refractivity contribution in [1.82, 2.24) is 14.9 Å². The minimum Gasteiger partial charge on any atom is -0.345 e. The lowest BCUT2D eigenvalue weighted by Gasteiger charge is -2.38. The van der Waals surface area contributed by atoms with Crippen LogP contribution in [0.3, 0.4) is 0 Å². The van der Waals surface area contributed by atoms with Crippen molar-refractivity contribution >= 4 is 28.4 Å². The second-order valence-corrected chi connectivity index (χ2v) is 8.06. The largest absolute Gasteiger partial charge is 0.345 e. The fourth-order valence-electron chi connectivity index (χ4n) is 4.60. The Morgan fingerprint density at radius 3 is 2.77 bits per heavy atom. The van der Waals surface area contributed by atoms with Gasteiger partial charge in [-0.2, -0.15) is 0 Å². The number of carbonyl (C=O) groups is 1.